The lowest BCUT2D eigenvalue weighted by Gasteiger charge is -2.35. The molecule has 2 nitrogen and oxygen atoms in total. The van der Waals surface area contributed by atoms with Gasteiger partial charge in [0.25, 0.3) is 0 Å². The van der Waals surface area contributed by atoms with Crippen molar-refractivity contribution in [1.82, 2.24) is 4.90 Å². The quantitative estimate of drug-likeness (QED) is 0.802. The van der Waals surface area contributed by atoms with E-state index in [0.717, 1.165) is 19.5 Å². The van der Waals surface area contributed by atoms with Crippen LogP contribution in [0.2, 0.25) is 0 Å². The van der Waals surface area contributed by atoms with Crippen molar-refractivity contribution in [3.63, 3.8) is 0 Å². The number of hydrogen-bond donors (Lipinski definition) is 0. The van der Waals surface area contributed by atoms with Crippen LogP contribution in [0, 0.1) is 0 Å². The lowest BCUT2D eigenvalue weighted by Crippen LogP contribution is -2.46. The Labute approximate surface area is 111 Å². The fraction of sp³-hybridized carbons (Fsp3) is 0.500. The van der Waals surface area contributed by atoms with E-state index in [9.17, 15) is 0 Å². The third-order valence-corrected chi connectivity index (χ3v) is 3.62. The maximum Gasteiger partial charge on any atom is 0.0367 e. The van der Waals surface area contributed by atoms with E-state index < -0.39 is 0 Å². The van der Waals surface area contributed by atoms with Crippen LogP contribution in [0.4, 0.5) is 5.69 Å². The van der Waals surface area contributed by atoms with Crippen molar-refractivity contribution in [2.75, 3.05) is 37.6 Å². The fourth-order valence-electron chi connectivity index (χ4n) is 2.37. The molecule has 1 heterocycles. The van der Waals surface area contributed by atoms with Crippen LogP contribution >= 0.6 is 0 Å². The summed E-state index contributed by atoms with van der Waals surface area (Å²) in [4.78, 5) is 4.99. The zero-order valence-electron chi connectivity index (χ0n) is 11.6. The van der Waals surface area contributed by atoms with E-state index in [2.05, 4.69) is 60.1 Å². The maximum atomic E-state index is 2.51. The van der Waals surface area contributed by atoms with Crippen LogP contribution < -0.4 is 4.90 Å². The van der Waals surface area contributed by atoms with Gasteiger partial charge < -0.3 is 9.80 Å². The Bertz CT molecular complexity index is 373. The normalized spacial score (nSPS) is 17.6. The summed E-state index contributed by atoms with van der Waals surface area (Å²) < 4.78 is 0. The zero-order valence-corrected chi connectivity index (χ0v) is 11.6. The molecule has 1 fully saturated rings. The summed E-state index contributed by atoms with van der Waals surface area (Å²) >= 11 is 0. The Kier molecular flexibility index (Phi) is 4.82. The van der Waals surface area contributed by atoms with Gasteiger partial charge in [0.2, 0.25) is 0 Å². The summed E-state index contributed by atoms with van der Waals surface area (Å²) in [5.74, 6) is 0. The van der Waals surface area contributed by atoms with E-state index in [4.69, 9.17) is 0 Å². The number of rotatable bonds is 4. The average molecular weight is 244 g/mol. The Hall–Kier alpha value is -1.28. The Morgan fingerprint density at radius 2 is 1.67 bits per heavy atom. The van der Waals surface area contributed by atoms with Gasteiger partial charge in [-0.25, -0.2) is 0 Å². The smallest absolute Gasteiger partial charge is 0.0367 e. The minimum Gasteiger partial charge on any atom is -0.369 e. The van der Waals surface area contributed by atoms with Gasteiger partial charge in [0.15, 0.2) is 0 Å². The number of nitrogens with zero attached hydrogens (tertiary/aromatic N) is 2. The molecule has 1 saturated heterocycles. The van der Waals surface area contributed by atoms with E-state index in [-0.39, 0.29) is 0 Å². The summed E-state index contributed by atoms with van der Waals surface area (Å²) in [6, 6.07) is 8.93. The van der Waals surface area contributed by atoms with Crippen molar-refractivity contribution in [1.29, 1.82) is 0 Å². The maximum absolute atomic E-state index is 2.51. The van der Waals surface area contributed by atoms with Gasteiger partial charge in [-0.2, -0.15) is 0 Å². The van der Waals surface area contributed by atoms with Crippen molar-refractivity contribution < 1.29 is 0 Å². The van der Waals surface area contributed by atoms with Gasteiger partial charge in [-0.3, -0.25) is 0 Å². The van der Waals surface area contributed by atoms with E-state index in [1.807, 2.05) is 0 Å². The van der Waals surface area contributed by atoms with Crippen LogP contribution in [0.25, 0.3) is 6.08 Å². The topological polar surface area (TPSA) is 6.48 Å². The summed E-state index contributed by atoms with van der Waals surface area (Å²) in [5.41, 5.74) is 2.66. The molecule has 1 aliphatic heterocycles. The molecule has 18 heavy (non-hydrogen) atoms. The van der Waals surface area contributed by atoms with E-state index in [1.54, 1.807) is 0 Å². The molecule has 0 unspecified atom stereocenters. The van der Waals surface area contributed by atoms with Crippen LogP contribution in [0.3, 0.4) is 0 Å². The molecule has 0 bridgehead atoms. The first-order valence-corrected chi connectivity index (χ1v) is 7.07. The second kappa shape index (κ2) is 6.60. The van der Waals surface area contributed by atoms with E-state index >= 15 is 0 Å². The first-order valence-electron chi connectivity index (χ1n) is 7.07. The summed E-state index contributed by atoms with van der Waals surface area (Å²) in [7, 11) is 0. The second-order valence-corrected chi connectivity index (χ2v) is 4.82. The highest BCUT2D eigenvalue weighted by molar-refractivity contribution is 5.56. The summed E-state index contributed by atoms with van der Waals surface area (Å²) in [6.45, 7) is 10.3. The number of anilines is 1. The zero-order chi connectivity index (χ0) is 12.8. The highest BCUT2D eigenvalue weighted by Crippen LogP contribution is 2.18. The van der Waals surface area contributed by atoms with Crippen LogP contribution in [0.15, 0.2) is 30.3 Å². The molecule has 0 spiro atoms. The molecule has 1 aromatic carbocycles. The largest absolute Gasteiger partial charge is 0.369 e. The van der Waals surface area contributed by atoms with Crippen LogP contribution in [0.5, 0.6) is 0 Å². The Morgan fingerprint density at radius 1 is 1.00 bits per heavy atom. The molecule has 0 atom stereocenters. The van der Waals surface area contributed by atoms with Gasteiger partial charge in [0.05, 0.1) is 0 Å². The van der Waals surface area contributed by atoms with Crippen LogP contribution in [0.1, 0.15) is 25.8 Å². The molecule has 0 N–H and O–H groups in total. The predicted octanol–water partition coefficient (Wildman–Crippen LogP) is 3.25. The summed E-state index contributed by atoms with van der Waals surface area (Å²) in [5, 5.41) is 0. The molecule has 0 saturated carbocycles. The fourth-order valence-corrected chi connectivity index (χ4v) is 2.37. The standard InChI is InChI=1S/C16H24N2/c1-3-5-6-15-7-9-16(10-8-15)18-13-11-17(4-2)12-14-18/h5-10H,3-4,11-14H2,1-2H3/b6-5+. The van der Waals surface area contributed by atoms with Crippen molar-refractivity contribution in [2.24, 2.45) is 0 Å². The first-order chi connectivity index (χ1) is 8.83. The van der Waals surface area contributed by atoms with Crippen molar-refractivity contribution in [3.8, 4) is 0 Å². The molecule has 2 heteroatoms. The van der Waals surface area contributed by atoms with Gasteiger partial charge in [-0.1, -0.05) is 38.1 Å². The highest BCUT2D eigenvalue weighted by Gasteiger charge is 2.15. The Morgan fingerprint density at radius 3 is 2.22 bits per heavy atom. The lowest BCUT2D eigenvalue weighted by atomic mass is 10.1. The van der Waals surface area contributed by atoms with Gasteiger partial charge in [-0.05, 0) is 30.7 Å². The minimum absolute atomic E-state index is 1.10. The third kappa shape index (κ3) is 3.36. The molecule has 0 aliphatic carbocycles. The molecule has 0 amide bonds. The SMILES string of the molecule is CC/C=C/c1ccc(N2CCN(CC)CC2)cc1. The van der Waals surface area contributed by atoms with Crippen molar-refractivity contribution in [3.05, 3.63) is 35.9 Å². The molecule has 0 radical (unpaired) electrons. The Balaban J connectivity index is 1.95. The van der Waals surface area contributed by atoms with Crippen LogP contribution in [-0.4, -0.2) is 37.6 Å². The number of piperazine rings is 1. The molecule has 1 aromatic rings. The number of allylic oxidation sites excluding steroid dienone is 1. The summed E-state index contributed by atoms with van der Waals surface area (Å²) in [6.07, 6.45) is 5.49. The van der Waals surface area contributed by atoms with E-state index in [1.165, 1.54) is 30.9 Å². The molecular weight excluding hydrogens is 220 g/mol. The van der Waals surface area contributed by atoms with Crippen LogP contribution in [-0.2, 0) is 0 Å². The number of benzene rings is 1. The van der Waals surface area contributed by atoms with Gasteiger partial charge in [0.1, 0.15) is 0 Å². The molecule has 0 aromatic heterocycles. The second-order valence-electron chi connectivity index (χ2n) is 4.82. The predicted molar refractivity (Wildman–Crippen MR) is 80.1 cm³/mol. The number of likely N-dealkylation sites (N-methyl/N-ethyl adjacent to an activating group) is 1. The van der Waals surface area contributed by atoms with Crippen molar-refractivity contribution >= 4 is 11.8 Å². The molecule has 2 rings (SSSR count). The van der Waals surface area contributed by atoms with Gasteiger partial charge >= 0.3 is 0 Å². The molecular formula is C16H24N2. The lowest BCUT2D eigenvalue weighted by molar-refractivity contribution is 0.271. The number of hydrogen-bond acceptors (Lipinski definition) is 2. The van der Waals surface area contributed by atoms with Gasteiger partial charge in [-0.15, -0.1) is 0 Å². The van der Waals surface area contributed by atoms with Gasteiger partial charge in [0, 0.05) is 31.9 Å². The minimum atomic E-state index is 1.10. The molecule has 1 aliphatic rings. The monoisotopic (exact) mass is 244 g/mol. The highest BCUT2D eigenvalue weighted by atomic mass is 15.3. The third-order valence-electron chi connectivity index (χ3n) is 3.62. The average Bonchev–Trinajstić information content (AvgIpc) is 2.46. The first kappa shape index (κ1) is 13.2. The van der Waals surface area contributed by atoms with Crippen molar-refractivity contribution in [2.45, 2.75) is 20.3 Å². The van der Waals surface area contributed by atoms with E-state index in [0.29, 0.717) is 0 Å². The molecule has 98 valence electrons.